The van der Waals surface area contributed by atoms with Crippen LogP contribution in [0.1, 0.15) is 25.3 Å². The Balaban J connectivity index is 2.22. The van der Waals surface area contributed by atoms with Crippen LogP contribution in [0.5, 0.6) is 0 Å². The van der Waals surface area contributed by atoms with Crippen LogP contribution < -0.4 is 0 Å². The first kappa shape index (κ1) is 14.5. The molecule has 18 heavy (non-hydrogen) atoms. The van der Waals surface area contributed by atoms with Crippen LogP contribution >= 0.6 is 11.6 Å². The van der Waals surface area contributed by atoms with Gasteiger partial charge in [0.25, 0.3) is 0 Å². The normalized spacial score (nSPS) is 10.6. The lowest BCUT2D eigenvalue weighted by Gasteiger charge is -2.01. The summed E-state index contributed by atoms with van der Waals surface area (Å²) < 4.78 is 4.88. The zero-order valence-electron chi connectivity index (χ0n) is 10.2. The summed E-state index contributed by atoms with van der Waals surface area (Å²) in [5.41, 5.74) is 0.715. The molecular weight excluding hydrogens is 254 g/mol. The maximum absolute atomic E-state index is 11.1. The molecular formula is C13H15ClNO3. The molecule has 0 N–H and O–H groups in total. The lowest BCUT2D eigenvalue weighted by molar-refractivity contribution is -0.144. The highest BCUT2D eigenvalue weighted by Crippen LogP contribution is 2.11. The van der Waals surface area contributed by atoms with Gasteiger partial charge in [-0.2, -0.15) is 0 Å². The number of hydrogen-bond acceptors (Lipinski definition) is 4. The first-order valence-electron chi connectivity index (χ1n) is 5.70. The molecule has 1 aromatic rings. The molecule has 1 radical (unpaired) electrons. The van der Waals surface area contributed by atoms with Crippen molar-refractivity contribution < 1.29 is 14.4 Å². The van der Waals surface area contributed by atoms with Crippen LogP contribution in [0.4, 0.5) is 0 Å². The smallest absolute Gasteiger partial charge is 0.309 e. The minimum absolute atomic E-state index is 0.186. The summed E-state index contributed by atoms with van der Waals surface area (Å²) in [7, 11) is 0. The molecule has 0 unspecified atom stereocenters. The van der Waals surface area contributed by atoms with E-state index in [9.17, 15) is 4.79 Å². The molecule has 0 fully saturated rings. The molecule has 0 aliphatic rings. The molecule has 0 aliphatic carbocycles. The molecule has 0 saturated heterocycles. The monoisotopic (exact) mass is 268 g/mol. The summed E-state index contributed by atoms with van der Waals surface area (Å²) in [5, 5.41) is 4.29. The number of benzene rings is 1. The minimum atomic E-state index is -0.280. The topological polar surface area (TPSA) is 47.9 Å². The van der Waals surface area contributed by atoms with Crippen molar-refractivity contribution in [2.24, 2.45) is 5.16 Å². The van der Waals surface area contributed by atoms with Crippen molar-refractivity contribution in [3.63, 3.8) is 0 Å². The average Bonchev–Trinajstić information content (AvgIpc) is 2.38. The maximum Gasteiger partial charge on any atom is 0.309 e. The molecule has 0 atom stereocenters. The second-order valence-electron chi connectivity index (χ2n) is 3.49. The first-order valence-corrected chi connectivity index (χ1v) is 6.08. The van der Waals surface area contributed by atoms with Crippen LogP contribution in [0, 0.1) is 6.07 Å². The molecule has 0 bridgehead atoms. The van der Waals surface area contributed by atoms with Crippen molar-refractivity contribution in [2.75, 3.05) is 13.2 Å². The second kappa shape index (κ2) is 8.53. The SMILES string of the molecule is CCCOC(=O)CCO/N=C/c1c[c]ccc1Cl. The van der Waals surface area contributed by atoms with Crippen LogP contribution in [-0.2, 0) is 14.4 Å². The minimum Gasteiger partial charge on any atom is -0.466 e. The largest absolute Gasteiger partial charge is 0.466 e. The van der Waals surface area contributed by atoms with Crippen LogP contribution in [0.2, 0.25) is 5.02 Å². The molecule has 4 nitrogen and oxygen atoms in total. The zero-order chi connectivity index (χ0) is 13.2. The number of ether oxygens (including phenoxy) is 1. The van der Waals surface area contributed by atoms with Gasteiger partial charge in [0.1, 0.15) is 6.61 Å². The summed E-state index contributed by atoms with van der Waals surface area (Å²) in [6.45, 7) is 2.57. The molecule has 1 aromatic carbocycles. The number of halogens is 1. The van der Waals surface area contributed by atoms with E-state index in [1.807, 2.05) is 6.92 Å². The second-order valence-corrected chi connectivity index (χ2v) is 3.89. The standard InChI is InChI=1S/C13H15ClNO3/c1-2-8-17-13(16)7-9-18-15-10-11-5-3-4-6-12(11)14/h4-6,10H,2,7-9H2,1H3/b15-10+. The Kier molecular flexibility index (Phi) is 6.87. The van der Waals surface area contributed by atoms with E-state index in [1.165, 1.54) is 6.21 Å². The molecule has 0 aromatic heterocycles. The van der Waals surface area contributed by atoms with Gasteiger partial charge in [0.15, 0.2) is 0 Å². The van der Waals surface area contributed by atoms with E-state index >= 15 is 0 Å². The van der Waals surface area contributed by atoms with Gasteiger partial charge in [0.2, 0.25) is 0 Å². The van der Waals surface area contributed by atoms with E-state index in [-0.39, 0.29) is 19.0 Å². The van der Waals surface area contributed by atoms with Crippen molar-refractivity contribution >= 4 is 23.8 Å². The van der Waals surface area contributed by atoms with Crippen LogP contribution in [0.25, 0.3) is 0 Å². The third-order valence-electron chi connectivity index (χ3n) is 1.97. The number of nitrogens with zero attached hydrogens (tertiary/aromatic N) is 1. The maximum atomic E-state index is 11.1. The summed E-state index contributed by atoms with van der Waals surface area (Å²) in [4.78, 5) is 16.0. The van der Waals surface area contributed by atoms with Gasteiger partial charge in [-0.25, -0.2) is 0 Å². The van der Waals surface area contributed by atoms with Gasteiger partial charge in [-0.1, -0.05) is 29.7 Å². The lowest BCUT2D eigenvalue weighted by Crippen LogP contribution is -2.07. The van der Waals surface area contributed by atoms with Crippen molar-refractivity contribution in [3.05, 3.63) is 34.9 Å². The molecule has 97 valence electrons. The molecule has 0 amide bonds. The van der Waals surface area contributed by atoms with Crippen LogP contribution in [-0.4, -0.2) is 25.4 Å². The van der Waals surface area contributed by atoms with Gasteiger partial charge in [0, 0.05) is 10.6 Å². The van der Waals surface area contributed by atoms with Gasteiger partial charge in [-0.15, -0.1) is 0 Å². The van der Waals surface area contributed by atoms with Crippen molar-refractivity contribution in [2.45, 2.75) is 19.8 Å². The molecule has 0 aliphatic heterocycles. The quantitative estimate of drug-likeness (QED) is 0.331. The highest BCUT2D eigenvalue weighted by Gasteiger charge is 2.01. The van der Waals surface area contributed by atoms with Crippen molar-refractivity contribution in [1.29, 1.82) is 0 Å². The lowest BCUT2D eigenvalue weighted by atomic mass is 10.2. The van der Waals surface area contributed by atoms with Gasteiger partial charge < -0.3 is 9.57 Å². The van der Waals surface area contributed by atoms with Gasteiger partial charge in [-0.3, -0.25) is 4.79 Å². The summed E-state index contributed by atoms with van der Waals surface area (Å²) in [6.07, 6.45) is 2.48. The van der Waals surface area contributed by atoms with Crippen LogP contribution in [0.3, 0.4) is 0 Å². The van der Waals surface area contributed by atoms with E-state index in [1.54, 1.807) is 18.2 Å². The fraction of sp³-hybridized carbons (Fsp3) is 0.385. The summed E-state index contributed by atoms with van der Waals surface area (Å²) in [6, 6.07) is 8.00. The molecule has 1 rings (SSSR count). The van der Waals surface area contributed by atoms with Crippen molar-refractivity contribution in [3.8, 4) is 0 Å². The predicted molar refractivity (Wildman–Crippen MR) is 69.7 cm³/mol. The van der Waals surface area contributed by atoms with Gasteiger partial charge >= 0.3 is 5.97 Å². The van der Waals surface area contributed by atoms with E-state index in [2.05, 4.69) is 11.2 Å². The number of oxime groups is 1. The third-order valence-corrected chi connectivity index (χ3v) is 2.32. The number of carbonyl (C=O) groups is 1. The summed E-state index contributed by atoms with van der Waals surface area (Å²) >= 11 is 5.90. The Hall–Kier alpha value is -1.55. The molecule has 5 heteroatoms. The van der Waals surface area contributed by atoms with E-state index in [0.29, 0.717) is 17.2 Å². The number of hydrogen-bond donors (Lipinski definition) is 0. The Labute approximate surface area is 112 Å². The average molecular weight is 269 g/mol. The first-order chi connectivity index (χ1) is 8.74. The number of rotatable bonds is 7. The third kappa shape index (κ3) is 5.68. The van der Waals surface area contributed by atoms with E-state index in [0.717, 1.165) is 6.42 Å². The van der Waals surface area contributed by atoms with E-state index < -0.39 is 0 Å². The van der Waals surface area contributed by atoms with E-state index in [4.69, 9.17) is 21.2 Å². The highest BCUT2D eigenvalue weighted by atomic mass is 35.5. The van der Waals surface area contributed by atoms with Crippen molar-refractivity contribution in [1.82, 2.24) is 0 Å². The Morgan fingerprint density at radius 2 is 2.39 bits per heavy atom. The van der Waals surface area contributed by atoms with Crippen LogP contribution in [0.15, 0.2) is 23.4 Å². The zero-order valence-corrected chi connectivity index (χ0v) is 10.9. The Morgan fingerprint density at radius 1 is 1.56 bits per heavy atom. The highest BCUT2D eigenvalue weighted by molar-refractivity contribution is 6.33. The molecule has 0 saturated carbocycles. The molecule has 0 spiro atoms. The number of esters is 1. The Morgan fingerprint density at radius 3 is 3.11 bits per heavy atom. The fourth-order valence-corrected chi connectivity index (χ4v) is 1.25. The van der Waals surface area contributed by atoms with Gasteiger partial charge in [-0.05, 0) is 24.6 Å². The Bertz CT molecular complexity index is 407. The predicted octanol–water partition coefficient (Wildman–Crippen LogP) is 2.83. The fourth-order valence-electron chi connectivity index (χ4n) is 1.09. The number of carbonyl (C=O) groups excluding carboxylic acids is 1. The van der Waals surface area contributed by atoms with Gasteiger partial charge in [0.05, 0.1) is 19.2 Å². The molecule has 0 heterocycles. The summed E-state index contributed by atoms with van der Waals surface area (Å²) in [5.74, 6) is -0.280.